The quantitative estimate of drug-likeness (QED) is 0.276. The van der Waals surface area contributed by atoms with Crippen LogP contribution in [0.4, 0.5) is 4.39 Å². The second kappa shape index (κ2) is 8.03. The summed E-state index contributed by atoms with van der Waals surface area (Å²) in [6.07, 6.45) is -4.88. The number of nitrogens with zero attached hydrogens (tertiary/aromatic N) is 1. The first-order chi connectivity index (χ1) is 12.2. The Morgan fingerprint density at radius 1 is 1.22 bits per heavy atom. The van der Waals surface area contributed by atoms with Gasteiger partial charge < -0.3 is 24.3 Å². The largest absolute Gasteiger partial charge is 0.490 e. The van der Waals surface area contributed by atoms with Gasteiger partial charge in [-0.15, -0.1) is 0 Å². The van der Waals surface area contributed by atoms with Crippen LogP contribution in [0, 0.1) is 4.64 Å². The number of rotatable bonds is 7. The average Bonchev–Trinajstić information content (AvgIpc) is 2.73. The zero-order valence-corrected chi connectivity index (χ0v) is 16.2. The molecule has 5 atom stereocenters. The Morgan fingerprint density at radius 3 is 2.41 bits per heavy atom. The SMILES string of the molecule is O=c1[nH]c(=S)ccn1[C@@H]1O[C@H](OP(=O)(O)OP(=O)(O)OP(=O)(O)O)CC1F. The van der Waals surface area contributed by atoms with Crippen molar-refractivity contribution in [3.63, 3.8) is 0 Å². The number of phosphoric ester groups is 1. The molecule has 0 amide bonds. The van der Waals surface area contributed by atoms with E-state index in [0.29, 0.717) is 0 Å². The molecular weight excluding hydrogens is 460 g/mol. The monoisotopic (exact) mass is 472 g/mol. The second-order valence-electron chi connectivity index (χ2n) is 4.92. The van der Waals surface area contributed by atoms with E-state index in [9.17, 15) is 27.8 Å². The molecule has 0 aromatic carbocycles. The fourth-order valence-corrected chi connectivity index (χ4v) is 5.22. The molecule has 154 valence electrons. The number of nitrogens with one attached hydrogen (secondary N) is 1. The van der Waals surface area contributed by atoms with Gasteiger partial charge in [0.1, 0.15) is 4.64 Å². The Balaban J connectivity index is 2.08. The topological polar surface area (TPSA) is 207 Å². The maximum Gasteiger partial charge on any atom is 0.490 e. The lowest BCUT2D eigenvalue weighted by Gasteiger charge is -2.19. The van der Waals surface area contributed by atoms with Gasteiger partial charge in [0.05, 0.1) is 0 Å². The lowest BCUT2D eigenvalue weighted by Crippen LogP contribution is -2.30. The standard InChI is InChI=1S/C8H12FN2O12P3S/c9-4-3-6(20-7(4)11-2-1-5(27)10-8(11)12)21-25(16,17)23-26(18,19)22-24(13,14)15/h1-2,4,6-7H,3H2,(H,16,17)(H,18,19)(H,10,12,27)(H2,13,14,15)/t4?,6-,7-/m1/s1. The van der Waals surface area contributed by atoms with Crippen LogP contribution in [0.1, 0.15) is 12.6 Å². The van der Waals surface area contributed by atoms with Crippen LogP contribution in [0.5, 0.6) is 0 Å². The lowest BCUT2D eigenvalue weighted by molar-refractivity contribution is -0.112. The van der Waals surface area contributed by atoms with Crippen molar-refractivity contribution in [1.82, 2.24) is 9.55 Å². The van der Waals surface area contributed by atoms with Gasteiger partial charge in [-0.05, 0) is 6.07 Å². The van der Waals surface area contributed by atoms with Crippen LogP contribution >= 0.6 is 35.7 Å². The van der Waals surface area contributed by atoms with Crippen molar-refractivity contribution in [3.8, 4) is 0 Å². The van der Waals surface area contributed by atoms with Crippen LogP contribution in [-0.4, -0.2) is 41.6 Å². The van der Waals surface area contributed by atoms with Crippen molar-refractivity contribution < 1.29 is 55.5 Å². The molecule has 0 radical (unpaired) electrons. The summed E-state index contributed by atoms with van der Waals surface area (Å²) in [4.78, 5) is 49.2. The van der Waals surface area contributed by atoms with Crippen molar-refractivity contribution >= 4 is 35.7 Å². The van der Waals surface area contributed by atoms with E-state index in [-0.39, 0.29) is 4.64 Å². The number of alkyl halides is 1. The maximum absolute atomic E-state index is 14.1. The zero-order chi connectivity index (χ0) is 20.6. The first kappa shape index (κ1) is 22.7. The van der Waals surface area contributed by atoms with E-state index in [4.69, 9.17) is 31.6 Å². The van der Waals surface area contributed by atoms with Crippen molar-refractivity contribution in [1.29, 1.82) is 0 Å². The highest BCUT2D eigenvalue weighted by Crippen LogP contribution is 2.66. The lowest BCUT2D eigenvalue weighted by atomic mass is 10.3. The summed E-state index contributed by atoms with van der Waals surface area (Å²) in [5, 5.41) is 0. The number of aromatic nitrogens is 2. The summed E-state index contributed by atoms with van der Waals surface area (Å²) in [5.74, 6) is 0. The predicted octanol–water partition coefficient (Wildman–Crippen LogP) is 0.832. The van der Waals surface area contributed by atoms with Gasteiger partial charge in [-0.25, -0.2) is 22.9 Å². The molecule has 0 aliphatic carbocycles. The van der Waals surface area contributed by atoms with Gasteiger partial charge in [-0.3, -0.25) is 14.1 Å². The van der Waals surface area contributed by atoms with Gasteiger partial charge in [0.2, 0.25) is 0 Å². The summed E-state index contributed by atoms with van der Waals surface area (Å²) in [7, 11) is -16.8. The number of hydrogen-bond acceptors (Lipinski definition) is 9. The smallest absolute Gasteiger partial charge is 0.325 e. The molecule has 1 aliphatic rings. The number of aromatic amines is 1. The predicted molar refractivity (Wildman–Crippen MR) is 84.3 cm³/mol. The number of ether oxygens (including phenoxy) is 1. The zero-order valence-electron chi connectivity index (χ0n) is 12.7. The molecule has 14 nitrogen and oxygen atoms in total. The van der Waals surface area contributed by atoms with Crippen LogP contribution in [0.3, 0.4) is 0 Å². The molecule has 2 heterocycles. The molecule has 5 N–H and O–H groups in total. The first-order valence-corrected chi connectivity index (χ1v) is 11.5. The molecule has 1 aliphatic heterocycles. The molecular formula is C8H12FN2O12P3S. The van der Waals surface area contributed by atoms with E-state index in [0.717, 1.165) is 10.8 Å². The van der Waals surface area contributed by atoms with E-state index in [2.05, 4.69) is 18.1 Å². The van der Waals surface area contributed by atoms with Crippen LogP contribution in [0.2, 0.25) is 0 Å². The molecule has 1 fully saturated rings. The third-order valence-corrected chi connectivity index (χ3v) is 6.88. The molecule has 0 spiro atoms. The Labute approximate surface area is 154 Å². The maximum atomic E-state index is 14.1. The number of phosphoric acid groups is 3. The third-order valence-electron chi connectivity index (χ3n) is 2.81. The van der Waals surface area contributed by atoms with Crippen molar-refractivity contribution in [2.24, 2.45) is 0 Å². The van der Waals surface area contributed by atoms with E-state index in [1.165, 1.54) is 6.07 Å². The van der Waals surface area contributed by atoms with Crippen molar-refractivity contribution in [2.75, 3.05) is 0 Å². The number of halogens is 1. The summed E-state index contributed by atoms with van der Waals surface area (Å²) in [5.41, 5.74) is -0.839. The Hall–Kier alpha value is -0.600. The van der Waals surface area contributed by atoms with Gasteiger partial charge in [-0.2, -0.15) is 8.62 Å². The normalized spacial score (nSPS) is 27.8. The van der Waals surface area contributed by atoms with Crippen molar-refractivity contribution in [2.45, 2.75) is 25.1 Å². The summed E-state index contributed by atoms with van der Waals surface area (Å²) in [6, 6.07) is 1.25. The summed E-state index contributed by atoms with van der Waals surface area (Å²) in [6.45, 7) is 0. The summed E-state index contributed by atoms with van der Waals surface area (Å²) >= 11 is 4.71. The molecule has 1 aromatic rings. The van der Waals surface area contributed by atoms with E-state index >= 15 is 0 Å². The van der Waals surface area contributed by atoms with E-state index < -0.39 is 54.3 Å². The number of H-pyrrole nitrogens is 1. The molecule has 1 saturated heterocycles. The van der Waals surface area contributed by atoms with Gasteiger partial charge in [-0.1, -0.05) is 12.2 Å². The Morgan fingerprint density at radius 2 is 1.85 bits per heavy atom. The van der Waals surface area contributed by atoms with Gasteiger partial charge in [0.25, 0.3) is 0 Å². The Kier molecular flexibility index (Phi) is 6.75. The third kappa shape index (κ3) is 6.75. The van der Waals surface area contributed by atoms with E-state index in [1.54, 1.807) is 0 Å². The highest BCUT2D eigenvalue weighted by atomic mass is 32.1. The van der Waals surface area contributed by atoms with Gasteiger partial charge >= 0.3 is 29.2 Å². The highest BCUT2D eigenvalue weighted by Gasteiger charge is 2.45. The molecule has 27 heavy (non-hydrogen) atoms. The minimum absolute atomic E-state index is 0.0643. The van der Waals surface area contributed by atoms with Gasteiger partial charge in [0.15, 0.2) is 18.7 Å². The first-order valence-electron chi connectivity index (χ1n) is 6.61. The molecule has 0 bridgehead atoms. The molecule has 3 unspecified atom stereocenters. The minimum atomic E-state index is -5.72. The number of hydrogen-bond donors (Lipinski definition) is 5. The van der Waals surface area contributed by atoms with E-state index in [1.807, 2.05) is 0 Å². The van der Waals surface area contributed by atoms with Crippen LogP contribution < -0.4 is 5.69 Å². The molecule has 19 heteroatoms. The highest BCUT2D eigenvalue weighted by molar-refractivity contribution is 7.71. The van der Waals surface area contributed by atoms with Crippen LogP contribution in [0.25, 0.3) is 0 Å². The van der Waals surface area contributed by atoms with Crippen molar-refractivity contribution in [3.05, 3.63) is 27.4 Å². The van der Waals surface area contributed by atoms with Crippen LogP contribution in [0.15, 0.2) is 17.1 Å². The molecule has 0 saturated carbocycles. The minimum Gasteiger partial charge on any atom is -0.325 e. The Bertz CT molecular complexity index is 958. The second-order valence-corrected chi connectivity index (χ2v) is 9.73. The summed E-state index contributed by atoms with van der Waals surface area (Å²) < 4.78 is 64.7. The fourth-order valence-electron chi connectivity index (χ4n) is 1.98. The van der Waals surface area contributed by atoms with Gasteiger partial charge in [0, 0.05) is 12.6 Å². The molecule has 2 rings (SSSR count). The molecule has 1 aromatic heterocycles. The fraction of sp³-hybridized carbons (Fsp3) is 0.500. The average molecular weight is 472 g/mol. The van der Waals surface area contributed by atoms with Crippen LogP contribution in [-0.2, 0) is 31.6 Å².